The molecule has 0 fully saturated rings. The molecule has 4 nitrogen and oxygen atoms in total. The van der Waals surface area contributed by atoms with E-state index in [-0.39, 0.29) is 22.4 Å². The molecular formula is C9H7Br2FN2O2. The van der Waals surface area contributed by atoms with Gasteiger partial charge in [-0.1, -0.05) is 22.5 Å². The number of halogens is 3. The van der Waals surface area contributed by atoms with Gasteiger partial charge in [-0.3, -0.25) is 10.1 Å². The van der Waals surface area contributed by atoms with Crippen LogP contribution in [0.15, 0.2) is 27.7 Å². The Morgan fingerprint density at radius 1 is 1.62 bits per heavy atom. The quantitative estimate of drug-likeness (QED) is 0.661. The van der Waals surface area contributed by atoms with Crippen molar-refractivity contribution in [2.75, 3.05) is 11.9 Å². The molecule has 0 saturated heterocycles. The fourth-order valence-corrected chi connectivity index (χ4v) is 1.49. The predicted molar refractivity (Wildman–Crippen MR) is 67.3 cm³/mol. The summed E-state index contributed by atoms with van der Waals surface area (Å²) in [6.07, 6.45) is 0. The maximum absolute atomic E-state index is 13.2. The molecule has 16 heavy (non-hydrogen) atoms. The molecule has 0 atom stereocenters. The van der Waals surface area contributed by atoms with Gasteiger partial charge in [0.15, 0.2) is 0 Å². The molecule has 0 aliphatic carbocycles. The molecule has 0 unspecified atom stereocenters. The highest BCUT2D eigenvalue weighted by molar-refractivity contribution is 9.11. The second kappa shape index (κ2) is 5.40. The van der Waals surface area contributed by atoms with Gasteiger partial charge in [-0.2, -0.15) is 0 Å². The highest BCUT2D eigenvalue weighted by atomic mass is 79.9. The number of nitrogens with zero attached hydrogens (tertiary/aromatic N) is 1. The predicted octanol–water partition coefficient (Wildman–Crippen LogP) is 3.82. The SMILES string of the molecule is C=C(Br)CNc1cc(F)c(Br)cc1[N+](=O)[O-]. The van der Waals surface area contributed by atoms with Crippen LogP contribution in [0.1, 0.15) is 0 Å². The molecule has 7 heteroatoms. The van der Waals surface area contributed by atoms with Crippen LogP contribution in [0.4, 0.5) is 15.8 Å². The molecule has 1 N–H and O–H groups in total. The summed E-state index contributed by atoms with van der Waals surface area (Å²) >= 11 is 5.99. The zero-order valence-corrected chi connectivity index (χ0v) is 11.1. The average Bonchev–Trinajstić information content (AvgIpc) is 2.18. The number of rotatable bonds is 4. The Balaban J connectivity index is 3.09. The Hall–Kier alpha value is -0.950. The number of nitrogens with one attached hydrogen (secondary N) is 1. The molecule has 0 heterocycles. The third-order valence-corrected chi connectivity index (χ3v) is 2.59. The van der Waals surface area contributed by atoms with Gasteiger partial charge >= 0.3 is 0 Å². The van der Waals surface area contributed by atoms with Crippen molar-refractivity contribution in [3.05, 3.63) is 43.6 Å². The van der Waals surface area contributed by atoms with E-state index in [4.69, 9.17) is 0 Å². The van der Waals surface area contributed by atoms with Gasteiger partial charge < -0.3 is 5.32 Å². The molecular weight excluding hydrogens is 347 g/mol. The van der Waals surface area contributed by atoms with Crippen LogP contribution in [0.5, 0.6) is 0 Å². The lowest BCUT2D eigenvalue weighted by atomic mass is 10.2. The van der Waals surface area contributed by atoms with Crippen LogP contribution < -0.4 is 5.32 Å². The molecule has 0 radical (unpaired) electrons. The molecule has 0 amide bonds. The van der Waals surface area contributed by atoms with E-state index >= 15 is 0 Å². The summed E-state index contributed by atoms with van der Waals surface area (Å²) in [6, 6.07) is 2.19. The third-order valence-electron chi connectivity index (χ3n) is 1.71. The van der Waals surface area contributed by atoms with Gasteiger partial charge in [-0.25, -0.2) is 4.39 Å². The zero-order valence-electron chi connectivity index (χ0n) is 7.97. The standard InChI is InChI=1S/C9H7Br2FN2O2/c1-5(10)4-13-8-3-7(12)6(11)2-9(8)14(15)16/h2-3,13H,1,4H2. The second-order valence-electron chi connectivity index (χ2n) is 2.91. The van der Waals surface area contributed by atoms with Gasteiger partial charge in [0.1, 0.15) is 11.5 Å². The smallest absolute Gasteiger partial charge is 0.293 e. The first-order chi connectivity index (χ1) is 7.41. The van der Waals surface area contributed by atoms with E-state index in [2.05, 4.69) is 43.8 Å². The van der Waals surface area contributed by atoms with Crippen LogP contribution >= 0.6 is 31.9 Å². The molecule has 1 aromatic rings. The Morgan fingerprint density at radius 2 is 2.25 bits per heavy atom. The lowest BCUT2D eigenvalue weighted by molar-refractivity contribution is -0.384. The lowest BCUT2D eigenvalue weighted by Gasteiger charge is -2.07. The summed E-state index contributed by atoms with van der Waals surface area (Å²) in [7, 11) is 0. The first-order valence-corrected chi connectivity index (χ1v) is 5.71. The monoisotopic (exact) mass is 352 g/mol. The van der Waals surface area contributed by atoms with Crippen LogP contribution in [0.25, 0.3) is 0 Å². The van der Waals surface area contributed by atoms with Gasteiger partial charge in [0.05, 0.1) is 9.40 Å². The van der Waals surface area contributed by atoms with Gasteiger partial charge in [-0.05, 0) is 15.9 Å². The molecule has 1 rings (SSSR count). The van der Waals surface area contributed by atoms with Crippen molar-refractivity contribution in [1.29, 1.82) is 0 Å². The summed E-state index contributed by atoms with van der Waals surface area (Å²) in [5, 5.41) is 13.4. The van der Waals surface area contributed by atoms with Crippen LogP contribution in [0, 0.1) is 15.9 Å². The Bertz CT molecular complexity index is 451. The van der Waals surface area contributed by atoms with Crippen molar-refractivity contribution in [3.8, 4) is 0 Å². The molecule has 0 spiro atoms. The molecule has 0 aliphatic rings. The number of hydrogen-bond acceptors (Lipinski definition) is 3. The third kappa shape index (κ3) is 3.28. The molecule has 0 aromatic heterocycles. The maximum Gasteiger partial charge on any atom is 0.293 e. The van der Waals surface area contributed by atoms with E-state index < -0.39 is 10.7 Å². The van der Waals surface area contributed by atoms with Crippen molar-refractivity contribution >= 4 is 43.2 Å². The number of benzene rings is 1. The highest BCUT2D eigenvalue weighted by Gasteiger charge is 2.17. The fourth-order valence-electron chi connectivity index (χ4n) is 1.02. The molecule has 0 saturated carbocycles. The summed E-state index contributed by atoms with van der Waals surface area (Å²) in [5.74, 6) is -0.562. The molecule has 0 aliphatic heterocycles. The summed E-state index contributed by atoms with van der Waals surface area (Å²) in [6.45, 7) is 3.85. The van der Waals surface area contributed by atoms with Gasteiger partial charge in [0.2, 0.25) is 0 Å². The second-order valence-corrected chi connectivity index (χ2v) is 4.89. The van der Waals surface area contributed by atoms with Gasteiger partial charge in [-0.15, -0.1) is 0 Å². The van der Waals surface area contributed by atoms with Gasteiger partial charge in [0.25, 0.3) is 5.69 Å². The van der Waals surface area contributed by atoms with Crippen molar-refractivity contribution < 1.29 is 9.31 Å². The Labute approximate surface area is 108 Å². The van der Waals surface area contributed by atoms with E-state index in [1.165, 1.54) is 0 Å². The van der Waals surface area contributed by atoms with Crippen LogP contribution in [-0.4, -0.2) is 11.5 Å². The van der Waals surface area contributed by atoms with Gasteiger partial charge in [0, 0.05) is 23.2 Å². The first kappa shape index (κ1) is 13.1. The van der Waals surface area contributed by atoms with Crippen molar-refractivity contribution in [3.63, 3.8) is 0 Å². The minimum Gasteiger partial charge on any atom is -0.375 e. The minimum atomic E-state index is -0.580. The van der Waals surface area contributed by atoms with E-state index in [1.54, 1.807) is 0 Å². The van der Waals surface area contributed by atoms with Crippen molar-refractivity contribution in [1.82, 2.24) is 0 Å². The molecule has 1 aromatic carbocycles. The van der Waals surface area contributed by atoms with E-state index in [0.717, 1.165) is 12.1 Å². The Morgan fingerprint density at radius 3 is 2.75 bits per heavy atom. The van der Waals surface area contributed by atoms with Crippen molar-refractivity contribution in [2.24, 2.45) is 0 Å². The fraction of sp³-hybridized carbons (Fsp3) is 0.111. The largest absolute Gasteiger partial charge is 0.375 e. The number of anilines is 1. The number of nitro groups is 1. The van der Waals surface area contributed by atoms with Crippen molar-refractivity contribution in [2.45, 2.75) is 0 Å². The molecule has 0 bridgehead atoms. The lowest BCUT2D eigenvalue weighted by Crippen LogP contribution is -2.04. The van der Waals surface area contributed by atoms with Crippen LogP contribution in [0.3, 0.4) is 0 Å². The minimum absolute atomic E-state index is 0.0578. The summed E-state index contributed by atoms with van der Waals surface area (Å²) < 4.78 is 13.9. The summed E-state index contributed by atoms with van der Waals surface area (Å²) in [5.41, 5.74) is -0.0756. The van der Waals surface area contributed by atoms with Crippen LogP contribution in [0.2, 0.25) is 0 Å². The normalized spacial score (nSPS) is 9.94. The first-order valence-electron chi connectivity index (χ1n) is 4.12. The Kier molecular flexibility index (Phi) is 4.43. The zero-order chi connectivity index (χ0) is 12.3. The highest BCUT2D eigenvalue weighted by Crippen LogP contribution is 2.30. The maximum atomic E-state index is 13.2. The average molecular weight is 354 g/mol. The van der Waals surface area contributed by atoms with Crippen LogP contribution in [-0.2, 0) is 0 Å². The van der Waals surface area contributed by atoms with E-state index in [0.29, 0.717) is 4.48 Å². The summed E-state index contributed by atoms with van der Waals surface area (Å²) in [4.78, 5) is 10.1. The number of hydrogen-bond donors (Lipinski definition) is 1. The topological polar surface area (TPSA) is 55.2 Å². The molecule has 86 valence electrons. The number of nitro benzene ring substituents is 1. The van der Waals surface area contributed by atoms with E-state index in [9.17, 15) is 14.5 Å². The van der Waals surface area contributed by atoms with E-state index in [1.807, 2.05) is 0 Å².